The second-order valence-electron chi connectivity index (χ2n) is 3.87. The highest BCUT2D eigenvalue weighted by Crippen LogP contribution is 2.25. The number of fused-ring (bicyclic) bond motifs is 1. The molecule has 17 heavy (non-hydrogen) atoms. The molecule has 1 unspecified atom stereocenters. The zero-order chi connectivity index (χ0) is 11.7. The van der Waals surface area contributed by atoms with Gasteiger partial charge in [-0.3, -0.25) is 0 Å². The van der Waals surface area contributed by atoms with Crippen LogP contribution in [0.2, 0.25) is 0 Å². The van der Waals surface area contributed by atoms with Gasteiger partial charge >= 0.3 is 0 Å². The molecule has 0 spiro atoms. The molecule has 3 rings (SSSR count). The standard InChI is InChI=1S/C14H10NO2/c16-14(10-4-2-1-3-5-10)11-6-7-13-12(8-11)15-9-17-13/h1-9,14H. The van der Waals surface area contributed by atoms with Crippen LogP contribution < -0.4 is 0 Å². The summed E-state index contributed by atoms with van der Waals surface area (Å²) in [6.07, 6.45) is 0.508. The van der Waals surface area contributed by atoms with Crippen molar-refractivity contribution >= 4 is 11.1 Å². The van der Waals surface area contributed by atoms with E-state index < -0.39 is 6.10 Å². The minimum atomic E-state index is -0.878. The first kappa shape index (κ1) is 10.1. The van der Waals surface area contributed by atoms with Crippen LogP contribution >= 0.6 is 0 Å². The van der Waals surface area contributed by atoms with Crippen molar-refractivity contribution in [2.45, 2.75) is 6.10 Å². The van der Waals surface area contributed by atoms with Crippen LogP contribution in [0.4, 0.5) is 0 Å². The Morgan fingerprint density at radius 1 is 1.00 bits per heavy atom. The molecule has 0 aliphatic rings. The molecule has 0 bridgehead atoms. The van der Waals surface area contributed by atoms with Crippen LogP contribution in [0, 0.1) is 0 Å². The second kappa shape index (κ2) is 4.03. The average Bonchev–Trinajstić information content (AvgIpc) is 2.86. The minimum Gasteiger partial charge on any atom is -0.443 e. The van der Waals surface area contributed by atoms with Gasteiger partial charge in [0.05, 0.1) is 0 Å². The molecular formula is C14H10NO2. The van der Waals surface area contributed by atoms with Gasteiger partial charge in [0.15, 0.2) is 12.0 Å². The fraction of sp³-hybridized carbons (Fsp3) is 0.0714. The highest BCUT2D eigenvalue weighted by Gasteiger charge is 2.13. The molecule has 1 heterocycles. The largest absolute Gasteiger partial charge is 0.443 e. The normalized spacial score (nSPS) is 12.8. The van der Waals surface area contributed by atoms with E-state index in [0.29, 0.717) is 11.1 Å². The minimum absolute atomic E-state index is 0.703. The van der Waals surface area contributed by atoms with Crippen molar-refractivity contribution in [1.82, 2.24) is 4.98 Å². The smallest absolute Gasteiger partial charge is 0.181 e. The Morgan fingerprint density at radius 2 is 1.82 bits per heavy atom. The van der Waals surface area contributed by atoms with Gasteiger partial charge in [0.2, 0.25) is 0 Å². The topological polar surface area (TPSA) is 45.9 Å². The molecule has 0 fully saturated rings. The molecule has 3 heteroatoms. The quantitative estimate of drug-likeness (QED) is 0.670. The fourth-order valence-electron chi connectivity index (χ4n) is 1.86. The Balaban J connectivity index is 2.03. The molecule has 83 valence electrons. The first-order chi connectivity index (χ1) is 8.34. The van der Waals surface area contributed by atoms with Gasteiger partial charge in [-0.15, -0.1) is 0 Å². The van der Waals surface area contributed by atoms with Crippen molar-refractivity contribution in [3.05, 3.63) is 66.1 Å². The first-order valence-corrected chi connectivity index (χ1v) is 5.38. The zero-order valence-corrected chi connectivity index (χ0v) is 9.04. The van der Waals surface area contributed by atoms with Crippen LogP contribution in [0.15, 0.2) is 59.3 Å². The summed E-state index contributed by atoms with van der Waals surface area (Å²) >= 11 is 0. The lowest BCUT2D eigenvalue weighted by atomic mass is 10.0. The maximum absolute atomic E-state index is 12.2. The van der Waals surface area contributed by atoms with Crippen molar-refractivity contribution in [3.8, 4) is 0 Å². The maximum Gasteiger partial charge on any atom is 0.181 e. The lowest BCUT2D eigenvalue weighted by Crippen LogP contribution is -1.97. The highest BCUT2D eigenvalue weighted by atomic mass is 16.3. The van der Waals surface area contributed by atoms with E-state index in [1.54, 1.807) is 18.2 Å². The number of rotatable bonds is 2. The molecule has 1 radical (unpaired) electrons. The number of aromatic nitrogens is 1. The van der Waals surface area contributed by atoms with Crippen molar-refractivity contribution < 1.29 is 9.52 Å². The SMILES string of the molecule is [O]C(c1ccccc1)c1ccc2ocnc2c1. The van der Waals surface area contributed by atoms with Gasteiger partial charge in [-0.25, -0.2) is 10.1 Å². The summed E-state index contributed by atoms with van der Waals surface area (Å²) in [5.74, 6) is 0. The van der Waals surface area contributed by atoms with Gasteiger partial charge in [0.25, 0.3) is 0 Å². The Bertz CT molecular complexity index is 631. The summed E-state index contributed by atoms with van der Waals surface area (Å²) in [5.41, 5.74) is 2.89. The van der Waals surface area contributed by atoms with Gasteiger partial charge in [0, 0.05) is 0 Å². The molecular weight excluding hydrogens is 214 g/mol. The average molecular weight is 224 g/mol. The van der Waals surface area contributed by atoms with Crippen molar-refractivity contribution in [3.63, 3.8) is 0 Å². The van der Waals surface area contributed by atoms with Crippen molar-refractivity contribution in [2.75, 3.05) is 0 Å². The Kier molecular flexibility index (Phi) is 2.38. The summed E-state index contributed by atoms with van der Waals surface area (Å²) in [5, 5.41) is 12.2. The number of benzene rings is 2. The van der Waals surface area contributed by atoms with Crippen LogP contribution in [-0.4, -0.2) is 4.98 Å². The van der Waals surface area contributed by atoms with Gasteiger partial charge in [0.1, 0.15) is 11.6 Å². The van der Waals surface area contributed by atoms with E-state index in [2.05, 4.69) is 4.98 Å². The third-order valence-corrected chi connectivity index (χ3v) is 2.76. The van der Waals surface area contributed by atoms with Crippen LogP contribution in [0.3, 0.4) is 0 Å². The van der Waals surface area contributed by atoms with Crippen molar-refractivity contribution in [2.24, 2.45) is 0 Å². The van der Waals surface area contributed by atoms with Crippen LogP contribution in [0.5, 0.6) is 0 Å². The van der Waals surface area contributed by atoms with Crippen LogP contribution in [0.25, 0.3) is 11.1 Å². The predicted octanol–water partition coefficient (Wildman–Crippen LogP) is 3.35. The third kappa shape index (κ3) is 1.81. The summed E-state index contributed by atoms with van der Waals surface area (Å²) in [4.78, 5) is 4.05. The first-order valence-electron chi connectivity index (χ1n) is 5.38. The van der Waals surface area contributed by atoms with E-state index in [-0.39, 0.29) is 0 Å². The molecule has 0 N–H and O–H groups in total. The second-order valence-corrected chi connectivity index (χ2v) is 3.87. The fourth-order valence-corrected chi connectivity index (χ4v) is 1.86. The Morgan fingerprint density at radius 3 is 2.65 bits per heavy atom. The molecule has 0 aliphatic heterocycles. The summed E-state index contributed by atoms with van der Waals surface area (Å²) in [6, 6.07) is 14.7. The maximum atomic E-state index is 12.2. The number of oxazole rings is 1. The highest BCUT2D eigenvalue weighted by molar-refractivity contribution is 5.73. The van der Waals surface area contributed by atoms with E-state index in [1.165, 1.54) is 6.39 Å². The lowest BCUT2D eigenvalue weighted by Gasteiger charge is -2.08. The van der Waals surface area contributed by atoms with Crippen LogP contribution in [0.1, 0.15) is 17.2 Å². The summed E-state index contributed by atoms with van der Waals surface area (Å²) in [6.45, 7) is 0. The van der Waals surface area contributed by atoms with Gasteiger partial charge in [-0.1, -0.05) is 36.4 Å². The van der Waals surface area contributed by atoms with Crippen molar-refractivity contribution in [1.29, 1.82) is 0 Å². The molecule has 0 saturated carbocycles. The number of hydrogen-bond acceptors (Lipinski definition) is 2. The van der Waals surface area contributed by atoms with E-state index in [9.17, 15) is 5.11 Å². The molecule has 0 saturated heterocycles. The lowest BCUT2D eigenvalue weighted by molar-refractivity contribution is 0.125. The number of hydrogen-bond donors (Lipinski definition) is 0. The Hall–Kier alpha value is -2.13. The summed E-state index contributed by atoms with van der Waals surface area (Å²) in [7, 11) is 0. The van der Waals surface area contributed by atoms with E-state index in [1.807, 2.05) is 30.3 Å². The molecule has 1 aromatic heterocycles. The van der Waals surface area contributed by atoms with E-state index >= 15 is 0 Å². The predicted molar refractivity (Wildman–Crippen MR) is 63.0 cm³/mol. The van der Waals surface area contributed by atoms with Gasteiger partial charge in [-0.2, -0.15) is 0 Å². The molecule has 3 nitrogen and oxygen atoms in total. The molecule has 2 aromatic carbocycles. The molecule has 3 aromatic rings. The molecule has 0 aliphatic carbocycles. The van der Waals surface area contributed by atoms with Crippen LogP contribution in [-0.2, 0) is 5.11 Å². The van der Waals surface area contributed by atoms with Gasteiger partial charge in [-0.05, 0) is 23.3 Å². The van der Waals surface area contributed by atoms with E-state index in [4.69, 9.17) is 4.42 Å². The van der Waals surface area contributed by atoms with Gasteiger partial charge < -0.3 is 4.42 Å². The zero-order valence-electron chi connectivity index (χ0n) is 9.04. The molecule has 0 amide bonds. The number of nitrogens with zero attached hydrogens (tertiary/aromatic N) is 1. The third-order valence-electron chi connectivity index (χ3n) is 2.76. The summed E-state index contributed by atoms with van der Waals surface area (Å²) < 4.78 is 5.15. The molecule has 1 atom stereocenters. The Labute approximate surface area is 98.3 Å². The van der Waals surface area contributed by atoms with E-state index in [0.717, 1.165) is 11.1 Å². The monoisotopic (exact) mass is 224 g/mol.